The first kappa shape index (κ1) is 13.6. The summed E-state index contributed by atoms with van der Waals surface area (Å²) in [5.41, 5.74) is 3.53. The molecule has 0 saturated carbocycles. The molecule has 0 spiro atoms. The predicted molar refractivity (Wildman–Crippen MR) is 89.1 cm³/mol. The van der Waals surface area contributed by atoms with E-state index in [2.05, 4.69) is 22.3 Å². The van der Waals surface area contributed by atoms with Crippen LogP contribution in [0.25, 0.3) is 16.4 Å². The van der Waals surface area contributed by atoms with Crippen LogP contribution in [0.1, 0.15) is 11.1 Å². The fourth-order valence-electron chi connectivity index (χ4n) is 3.03. The van der Waals surface area contributed by atoms with Crippen molar-refractivity contribution in [3.8, 4) is 5.75 Å². The molecule has 0 aliphatic rings. The smallest absolute Gasteiger partial charge is 0.288 e. The lowest BCUT2D eigenvalue weighted by Crippen LogP contribution is -2.12. The van der Waals surface area contributed by atoms with Crippen LogP contribution in [0.4, 0.5) is 0 Å². The average Bonchev–Trinajstić information content (AvgIpc) is 2.90. The minimum Gasteiger partial charge on any atom is -0.497 e. The molecule has 0 radical (unpaired) electrons. The van der Waals surface area contributed by atoms with Crippen LogP contribution in [-0.2, 0) is 6.42 Å². The number of aromatic nitrogens is 3. The Kier molecular flexibility index (Phi) is 3.12. The van der Waals surface area contributed by atoms with Crippen molar-refractivity contribution in [1.82, 2.24) is 14.6 Å². The third kappa shape index (κ3) is 2.17. The lowest BCUT2D eigenvalue weighted by Gasteiger charge is -2.03. The molecule has 0 atom stereocenters. The summed E-state index contributed by atoms with van der Waals surface area (Å²) in [7, 11) is 1.64. The van der Waals surface area contributed by atoms with Gasteiger partial charge in [0.25, 0.3) is 5.56 Å². The molecule has 114 valence electrons. The number of H-pyrrole nitrogens is 1. The van der Waals surface area contributed by atoms with Crippen LogP contribution in [0.3, 0.4) is 0 Å². The van der Waals surface area contributed by atoms with Crippen molar-refractivity contribution in [1.29, 1.82) is 0 Å². The molecule has 2 aromatic carbocycles. The fourth-order valence-corrected chi connectivity index (χ4v) is 3.03. The zero-order chi connectivity index (χ0) is 15.8. The Hall–Kier alpha value is -3.08. The molecule has 5 heteroatoms. The van der Waals surface area contributed by atoms with E-state index in [1.165, 1.54) is 0 Å². The first-order chi connectivity index (χ1) is 11.3. The minimum atomic E-state index is -0.186. The largest absolute Gasteiger partial charge is 0.497 e. The van der Waals surface area contributed by atoms with Gasteiger partial charge in [0.15, 0.2) is 0 Å². The van der Waals surface area contributed by atoms with E-state index in [9.17, 15) is 4.79 Å². The average molecular weight is 305 g/mol. The van der Waals surface area contributed by atoms with Gasteiger partial charge in [-0.2, -0.15) is 5.10 Å². The molecule has 0 aliphatic heterocycles. The van der Waals surface area contributed by atoms with Crippen LogP contribution >= 0.6 is 0 Å². The van der Waals surface area contributed by atoms with Crippen LogP contribution < -0.4 is 10.3 Å². The van der Waals surface area contributed by atoms with E-state index in [1.54, 1.807) is 13.4 Å². The van der Waals surface area contributed by atoms with Crippen molar-refractivity contribution in [2.75, 3.05) is 7.11 Å². The van der Waals surface area contributed by atoms with Gasteiger partial charge in [0, 0.05) is 11.8 Å². The molecule has 0 fully saturated rings. The molecule has 4 rings (SSSR count). The van der Waals surface area contributed by atoms with Gasteiger partial charge in [-0.15, -0.1) is 0 Å². The molecule has 1 N–H and O–H groups in total. The highest BCUT2D eigenvalue weighted by Crippen LogP contribution is 2.29. The molecule has 0 amide bonds. The van der Waals surface area contributed by atoms with Crippen molar-refractivity contribution in [3.05, 3.63) is 76.3 Å². The number of hydrogen-bond acceptors (Lipinski definition) is 3. The summed E-state index contributed by atoms with van der Waals surface area (Å²) in [6.07, 6.45) is 2.31. The molecule has 0 aliphatic carbocycles. The first-order valence-electron chi connectivity index (χ1n) is 7.36. The zero-order valence-corrected chi connectivity index (χ0v) is 12.6. The second-order valence-corrected chi connectivity index (χ2v) is 5.43. The van der Waals surface area contributed by atoms with E-state index >= 15 is 0 Å². The van der Waals surface area contributed by atoms with Crippen molar-refractivity contribution in [2.24, 2.45) is 0 Å². The van der Waals surface area contributed by atoms with Gasteiger partial charge < -0.3 is 4.74 Å². The molecule has 5 nitrogen and oxygen atoms in total. The lowest BCUT2D eigenvalue weighted by molar-refractivity contribution is 0.415. The Morgan fingerprint density at radius 2 is 2.00 bits per heavy atom. The number of nitrogens with one attached hydrogen (secondary N) is 1. The lowest BCUT2D eigenvalue weighted by atomic mass is 10.0. The van der Waals surface area contributed by atoms with Gasteiger partial charge in [-0.1, -0.05) is 30.3 Å². The molecule has 0 saturated heterocycles. The number of aromatic amines is 1. The van der Waals surface area contributed by atoms with Crippen molar-refractivity contribution in [2.45, 2.75) is 6.42 Å². The summed E-state index contributed by atoms with van der Waals surface area (Å²) < 4.78 is 7.18. The maximum absolute atomic E-state index is 12.3. The highest BCUT2D eigenvalue weighted by Gasteiger charge is 2.16. The Balaban J connectivity index is 2.07. The second-order valence-electron chi connectivity index (χ2n) is 5.43. The topological polar surface area (TPSA) is 59.4 Å². The summed E-state index contributed by atoms with van der Waals surface area (Å²) in [6.45, 7) is 0. The van der Waals surface area contributed by atoms with Gasteiger partial charge in [-0.25, -0.2) is 5.10 Å². The number of ether oxygens (including phenoxy) is 1. The van der Waals surface area contributed by atoms with E-state index in [1.807, 2.05) is 40.8 Å². The number of methoxy groups -OCH3 is 1. The van der Waals surface area contributed by atoms with Crippen LogP contribution in [0, 0.1) is 0 Å². The normalized spacial score (nSPS) is 11.2. The SMILES string of the molecule is COc1ccc2c(c1)c(Cc1ccccc1)c1c(=O)[nH]ncn12. The maximum Gasteiger partial charge on any atom is 0.288 e. The Morgan fingerprint density at radius 1 is 1.17 bits per heavy atom. The molecule has 4 aromatic rings. The van der Waals surface area contributed by atoms with E-state index in [-0.39, 0.29) is 5.56 Å². The van der Waals surface area contributed by atoms with Crippen LogP contribution in [0.2, 0.25) is 0 Å². The third-order valence-electron chi connectivity index (χ3n) is 4.09. The molecule has 0 unspecified atom stereocenters. The highest BCUT2D eigenvalue weighted by molar-refractivity contribution is 5.93. The molecular weight excluding hydrogens is 290 g/mol. The van der Waals surface area contributed by atoms with E-state index in [0.717, 1.165) is 27.8 Å². The van der Waals surface area contributed by atoms with E-state index < -0.39 is 0 Å². The fraction of sp³-hybridized carbons (Fsp3) is 0.111. The van der Waals surface area contributed by atoms with Crippen LogP contribution in [0.5, 0.6) is 5.75 Å². The van der Waals surface area contributed by atoms with E-state index in [4.69, 9.17) is 4.74 Å². The number of benzene rings is 2. The highest BCUT2D eigenvalue weighted by atomic mass is 16.5. The second kappa shape index (κ2) is 5.28. The van der Waals surface area contributed by atoms with Gasteiger partial charge in [0.05, 0.1) is 12.6 Å². The Morgan fingerprint density at radius 3 is 2.78 bits per heavy atom. The molecule has 0 bridgehead atoms. The van der Waals surface area contributed by atoms with Crippen LogP contribution in [0.15, 0.2) is 59.7 Å². The molecule has 2 heterocycles. The predicted octanol–water partition coefficient (Wildman–Crippen LogP) is 2.78. The van der Waals surface area contributed by atoms with Crippen molar-refractivity contribution < 1.29 is 4.74 Å². The van der Waals surface area contributed by atoms with Gasteiger partial charge in [0.2, 0.25) is 0 Å². The molecule has 23 heavy (non-hydrogen) atoms. The number of hydrogen-bond donors (Lipinski definition) is 1. The van der Waals surface area contributed by atoms with E-state index in [0.29, 0.717) is 11.9 Å². The van der Waals surface area contributed by atoms with Gasteiger partial charge in [-0.3, -0.25) is 9.20 Å². The standard InChI is InChI=1S/C18H15N3O2/c1-23-13-7-8-16-14(10-13)15(9-12-5-3-2-4-6-12)17-18(22)20-19-11-21(16)17/h2-8,10-11H,9H2,1H3,(H,20,22). The quantitative estimate of drug-likeness (QED) is 0.633. The number of nitrogens with zero attached hydrogens (tertiary/aromatic N) is 2. The molecule has 2 aromatic heterocycles. The third-order valence-corrected chi connectivity index (χ3v) is 4.09. The maximum atomic E-state index is 12.3. The monoisotopic (exact) mass is 305 g/mol. The minimum absolute atomic E-state index is 0.186. The summed E-state index contributed by atoms with van der Waals surface area (Å²) >= 11 is 0. The number of rotatable bonds is 3. The summed E-state index contributed by atoms with van der Waals surface area (Å²) in [5, 5.41) is 7.46. The summed E-state index contributed by atoms with van der Waals surface area (Å²) in [6, 6.07) is 15.9. The Bertz CT molecular complexity index is 1050. The summed E-state index contributed by atoms with van der Waals surface area (Å²) in [5.74, 6) is 0.770. The zero-order valence-electron chi connectivity index (χ0n) is 12.6. The first-order valence-corrected chi connectivity index (χ1v) is 7.36. The molecular formula is C18H15N3O2. The van der Waals surface area contributed by atoms with Crippen molar-refractivity contribution in [3.63, 3.8) is 0 Å². The van der Waals surface area contributed by atoms with Crippen molar-refractivity contribution >= 4 is 16.4 Å². The van der Waals surface area contributed by atoms with Gasteiger partial charge in [0.1, 0.15) is 17.6 Å². The van der Waals surface area contributed by atoms with Gasteiger partial charge >= 0.3 is 0 Å². The Labute approximate surface area is 132 Å². The van der Waals surface area contributed by atoms with Gasteiger partial charge in [-0.05, 0) is 29.3 Å². The summed E-state index contributed by atoms with van der Waals surface area (Å²) in [4.78, 5) is 12.3. The number of fused-ring (bicyclic) bond motifs is 3. The van der Waals surface area contributed by atoms with Crippen LogP contribution in [-0.4, -0.2) is 21.7 Å².